The predicted octanol–water partition coefficient (Wildman–Crippen LogP) is 6.50. The Morgan fingerprint density at radius 2 is 1.50 bits per heavy atom. The third-order valence-electron chi connectivity index (χ3n) is 9.24. The van der Waals surface area contributed by atoms with Gasteiger partial charge in [0.25, 0.3) is 0 Å². The highest BCUT2D eigenvalue weighted by Crippen LogP contribution is 2.46. The highest BCUT2D eigenvalue weighted by atomic mass is 28.4. The Kier molecular flexibility index (Phi) is 10.3. The van der Waals surface area contributed by atoms with E-state index in [1.807, 2.05) is 18.2 Å². The Hall–Kier alpha value is -3.38. The zero-order valence-corrected chi connectivity index (χ0v) is 30.8. The standard InChI is InChI=1S/C31H49N7O6Si2/c1-30(2,3)45(8,9)43-23-21(17-41-29(40)32-7)42-27(24(23)44-46(10,11)31(4,5)6)38-19-35-22-25(33-18-34-26(22)38)37-28(39)36-20-15-13-12-14-16-20/h12-16,18-19,21,23-24,27H,17H2,1-11H3,(H,32,40)(H2,33,34,36,37,39)/t21-,23-,24-,27-/m1/s1. The summed E-state index contributed by atoms with van der Waals surface area (Å²) >= 11 is 0. The van der Waals surface area contributed by atoms with Gasteiger partial charge in [-0.05, 0) is 48.4 Å². The number of nitrogens with zero attached hydrogens (tertiary/aromatic N) is 4. The molecule has 0 bridgehead atoms. The number of carbonyl (C=O) groups excluding carboxylic acids is 2. The van der Waals surface area contributed by atoms with Gasteiger partial charge in [-0.1, -0.05) is 59.7 Å². The van der Waals surface area contributed by atoms with E-state index in [9.17, 15) is 9.59 Å². The highest BCUT2D eigenvalue weighted by Gasteiger charge is 2.55. The molecule has 0 aliphatic carbocycles. The van der Waals surface area contributed by atoms with E-state index in [0.717, 1.165) is 0 Å². The fraction of sp³-hybridized carbons (Fsp3) is 0.581. The zero-order chi connectivity index (χ0) is 34.1. The van der Waals surface area contributed by atoms with Crippen LogP contribution in [0.1, 0.15) is 47.8 Å². The molecule has 0 saturated carbocycles. The predicted molar refractivity (Wildman–Crippen MR) is 183 cm³/mol. The summed E-state index contributed by atoms with van der Waals surface area (Å²) in [5.74, 6) is 0.241. The fourth-order valence-corrected chi connectivity index (χ4v) is 7.12. The van der Waals surface area contributed by atoms with Crippen molar-refractivity contribution in [2.45, 2.75) is 102 Å². The van der Waals surface area contributed by atoms with Crippen molar-refractivity contribution in [3.63, 3.8) is 0 Å². The summed E-state index contributed by atoms with van der Waals surface area (Å²) in [7, 11) is -3.26. The number of fused-ring (bicyclic) bond motifs is 1. The first-order valence-electron chi connectivity index (χ1n) is 15.5. The van der Waals surface area contributed by atoms with Crippen molar-refractivity contribution in [3.8, 4) is 0 Å². The number of urea groups is 1. The minimum absolute atomic E-state index is 0.0408. The maximum atomic E-state index is 12.8. The number of benzene rings is 1. The average Bonchev–Trinajstić information content (AvgIpc) is 3.52. The van der Waals surface area contributed by atoms with E-state index in [1.54, 1.807) is 23.0 Å². The van der Waals surface area contributed by atoms with Gasteiger partial charge in [0.15, 0.2) is 39.8 Å². The molecular weight excluding hydrogens is 623 g/mol. The highest BCUT2D eigenvalue weighted by molar-refractivity contribution is 6.74. The van der Waals surface area contributed by atoms with Gasteiger partial charge in [0.05, 0.1) is 6.33 Å². The number of hydrogen-bond donors (Lipinski definition) is 3. The molecule has 1 saturated heterocycles. The molecule has 2 aromatic heterocycles. The van der Waals surface area contributed by atoms with Crippen molar-refractivity contribution >= 4 is 51.4 Å². The van der Waals surface area contributed by atoms with Crippen molar-refractivity contribution in [1.82, 2.24) is 24.8 Å². The number of aromatic nitrogens is 4. The van der Waals surface area contributed by atoms with Crippen LogP contribution < -0.4 is 16.0 Å². The summed E-state index contributed by atoms with van der Waals surface area (Å²) in [4.78, 5) is 38.4. The first-order valence-corrected chi connectivity index (χ1v) is 21.3. The molecule has 3 aromatic rings. The van der Waals surface area contributed by atoms with Crippen molar-refractivity contribution in [3.05, 3.63) is 43.0 Å². The zero-order valence-electron chi connectivity index (χ0n) is 28.8. The number of hydrogen-bond acceptors (Lipinski definition) is 9. The lowest BCUT2D eigenvalue weighted by Crippen LogP contribution is -2.54. The number of rotatable bonds is 9. The second-order valence-corrected chi connectivity index (χ2v) is 24.1. The van der Waals surface area contributed by atoms with Crippen LogP contribution >= 0.6 is 0 Å². The number of alkyl carbamates (subject to hydrolysis) is 1. The summed E-state index contributed by atoms with van der Waals surface area (Å²) in [6.07, 6.45) is -0.0973. The fourth-order valence-electron chi connectivity index (χ4n) is 4.52. The van der Waals surface area contributed by atoms with E-state index in [4.69, 9.17) is 18.3 Å². The van der Waals surface area contributed by atoms with E-state index in [1.165, 1.54) is 13.4 Å². The number of amides is 3. The third-order valence-corrected chi connectivity index (χ3v) is 18.2. The Morgan fingerprint density at radius 3 is 2.09 bits per heavy atom. The van der Waals surface area contributed by atoms with E-state index < -0.39 is 53.3 Å². The van der Waals surface area contributed by atoms with Gasteiger partial charge in [0.1, 0.15) is 31.2 Å². The van der Waals surface area contributed by atoms with E-state index >= 15 is 0 Å². The quantitative estimate of drug-likeness (QED) is 0.217. The molecule has 3 heterocycles. The summed E-state index contributed by atoms with van der Waals surface area (Å²) in [5.41, 5.74) is 1.46. The summed E-state index contributed by atoms with van der Waals surface area (Å²) < 4.78 is 28.2. The van der Waals surface area contributed by atoms with Gasteiger partial charge in [-0.2, -0.15) is 0 Å². The minimum atomic E-state index is -2.40. The second kappa shape index (κ2) is 13.4. The molecule has 46 heavy (non-hydrogen) atoms. The monoisotopic (exact) mass is 671 g/mol. The lowest BCUT2D eigenvalue weighted by molar-refractivity contribution is -0.0513. The molecule has 3 N–H and O–H groups in total. The molecule has 4 rings (SSSR count). The number of nitrogens with one attached hydrogen (secondary N) is 3. The number of para-hydroxylation sites is 1. The first-order chi connectivity index (χ1) is 21.3. The molecular formula is C31H49N7O6Si2. The van der Waals surface area contributed by atoms with Crippen LogP contribution in [0.5, 0.6) is 0 Å². The molecule has 1 aromatic carbocycles. The van der Waals surface area contributed by atoms with Crippen LogP contribution in [-0.4, -0.2) is 80.2 Å². The molecule has 13 nitrogen and oxygen atoms in total. The van der Waals surface area contributed by atoms with Gasteiger partial charge in [0.2, 0.25) is 0 Å². The van der Waals surface area contributed by atoms with Crippen LogP contribution in [0.2, 0.25) is 36.3 Å². The second-order valence-electron chi connectivity index (χ2n) is 14.6. The lowest BCUT2D eigenvalue weighted by atomic mass is 10.1. The first kappa shape index (κ1) is 35.5. The third kappa shape index (κ3) is 7.77. The van der Waals surface area contributed by atoms with Crippen molar-refractivity contribution < 1.29 is 27.9 Å². The van der Waals surface area contributed by atoms with Crippen molar-refractivity contribution in [2.24, 2.45) is 0 Å². The van der Waals surface area contributed by atoms with Crippen LogP contribution in [0.3, 0.4) is 0 Å². The number of ether oxygens (including phenoxy) is 2. The smallest absolute Gasteiger partial charge is 0.406 e. The molecule has 1 aliphatic rings. The summed E-state index contributed by atoms with van der Waals surface area (Å²) in [6, 6.07) is 8.64. The maximum absolute atomic E-state index is 12.8. The Labute approximate surface area is 273 Å². The number of imidazole rings is 1. The van der Waals surface area contributed by atoms with E-state index in [2.05, 4.69) is 98.6 Å². The van der Waals surface area contributed by atoms with Gasteiger partial charge < -0.3 is 29.0 Å². The SMILES string of the molecule is CNC(=O)OC[C@H]1O[C@@H](n2cnc3c(NC(=O)Nc4ccccc4)ncnc32)[C@H](O[Si](C)(C)C(C)(C)C)[C@@H]1O[Si](C)(C)C(C)(C)C. The molecule has 1 fully saturated rings. The molecule has 0 spiro atoms. The van der Waals surface area contributed by atoms with Gasteiger partial charge in [0, 0.05) is 12.7 Å². The van der Waals surface area contributed by atoms with E-state index in [-0.39, 0.29) is 22.5 Å². The van der Waals surface area contributed by atoms with Gasteiger partial charge in [-0.25, -0.2) is 24.5 Å². The molecule has 3 amide bonds. The molecule has 15 heteroatoms. The van der Waals surface area contributed by atoms with Crippen LogP contribution in [0.4, 0.5) is 21.1 Å². The number of carbonyl (C=O) groups is 2. The number of anilines is 2. The average molecular weight is 672 g/mol. The van der Waals surface area contributed by atoms with Crippen molar-refractivity contribution in [1.29, 1.82) is 0 Å². The Bertz CT molecular complexity index is 1520. The van der Waals surface area contributed by atoms with Crippen LogP contribution in [0.15, 0.2) is 43.0 Å². The van der Waals surface area contributed by atoms with Gasteiger partial charge in [-0.3, -0.25) is 9.88 Å². The topological polar surface area (TPSA) is 151 Å². The van der Waals surface area contributed by atoms with Crippen LogP contribution in [0.25, 0.3) is 11.2 Å². The summed E-state index contributed by atoms with van der Waals surface area (Å²) in [6.45, 7) is 21.7. The van der Waals surface area contributed by atoms with E-state index in [0.29, 0.717) is 16.9 Å². The van der Waals surface area contributed by atoms with Crippen molar-refractivity contribution in [2.75, 3.05) is 24.3 Å². The van der Waals surface area contributed by atoms with Gasteiger partial charge >= 0.3 is 12.1 Å². The van der Waals surface area contributed by atoms with Gasteiger partial charge in [-0.15, -0.1) is 0 Å². The maximum Gasteiger partial charge on any atom is 0.406 e. The van der Waals surface area contributed by atoms with Crippen LogP contribution in [-0.2, 0) is 18.3 Å². The minimum Gasteiger partial charge on any atom is -0.447 e. The summed E-state index contributed by atoms with van der Waals surface area (Å²) in [5, 5.41) is 7.86. The van der Waals surface area contributed by atoms with Crippen LogP contribution in [0, 0.1) is 0 Å². The molecule has 0 radical (unpaired) electrons. The molecule has 252 valence electrons. The largest absolute Gasteiger partial charge is 0.447 e. The molecule has 4 atom stereocenters. The Balaban J connectivity index is 1.75. The normalized spacial score (nSPS) is 20.8. The Morgan fingerprint density at radius 1 is 0.891 bits per heavy atom. The lowest BCUT2D eigenvalue weighted by Gasteiger charge is -2.44. The molecule has 0 unspecified atom stereocenters. The molecule has 1 aliphatic heterocycles.